The number of rotatable bonds is 1. The number of ketones is 1. The number of fused-ring (bicyclic) bond motifs is 5. The SMILES string of the molecule is CCN1C(=O)c2ccccc2[C@H]2C(=O)c3ccccc3[C@H]21. The number of hydrogen-bond donors (Lipinski definition) is 0. The average Bonchev–Trinajstić information content (AvgIpc) is 2.82. The molecule has 2 aliphatic rings. The average molecular weight is 277 g/mol. The van der Waals surface area contributed by atoms with E-state index in [2.05, 4.69) is 0 Å². The predicted octanol–water partition coefficient (Wildman–Crippen LogP) is 3.18. The molecule has 1 amide bonds. The minimum absolute atomic E-state index is 0.0267. The van der Waals surface area contributed by atoms with E-state index in [1.54, 1.807) is 0 Å². The molecule has 1 heterocycles. The molecule has 3 nitrogen and oxygen atoms in total. The maximum absolute atomic E-state index is 12.8. The standard InChI is InChI=1S/C18H15NO2/c1-2-19-16-12-8-4-5-9-13(12)17(20)15(16)11-7-3-6-10-14(11)18(19)21/h3-10,15-16H,2H2,1H3/t15-,16-/m1/s1. The summed E-state index contributed by atoms with van der Waals surface area (Å²) >= 11 is 0. The molecule has 1 aliphatic carbocycles. The first-order chi connectivity index (χ1) is 10.2. The van der Waals surface area contributed by atoms with E-state index in [0.29, 0.717) is 12.1 Å². The Morgan fingerprint density at radius 1 is 0.905 bits per heavy atom. The first-order valence-electron chi connectivity index (χ1n) is 7.27. The third kappa shape index (κ3) is 1.49. The zero-order valence-corrected chi connectivity index (χ0v) is 11.7. The molecule has 0 bridgehead atoms. The van der Waals surface area contributed by atoms with Crippen LogP contribution in [0.1, 0.15) is 50.7 Å². The normalized spacial score (nSPS) is 22.8. The van der Waals surface area contributed by atoms with Gasteiger partial charge in [-0.15, -0.1) is 0 Å². The van der Waals surface area contributed by atoms with Crippen LogP contribution in [0.15, 0.2) is 48.5 Å². The second-order valence-electron chi connectivity index (χ2n) is 5.55. The topological polar surface area (TPSA) is 37.4 Å². The van der Waals surface area contributed by atoms with Gasteiger partial charge >= 0.3 is 0 Å². The van der Waals surface area contributed by atoms with E-state index in [9.17, 15) is 9.59 Å². The second kappa shape index (κ2) is 4.29. The van der Waals surface area contributed by atoms with Gasteiger partial charge in [0.1, 0.15) is 0 Å². The predicted molar refractivity (Wildman–Crippen MR) is 79.4 cm³/mol. The van der Waals surface area contributed by atoms with E-state index in [1.807, 2.05) is 60.4 Å². The van der Waals surface area contributed by atoms with Crippen molar-refractivity contribution in [2.75, 3.05) is 6.54 Å². The quantitative estimate of drug-likeness (QED) is 0.802. The van der Waals surface area contributed by atoms with E-state index in [0.717, 1.165) is 16.7 Å². The van der Waals surface area contributed by atoms with Crippen molar-refractivity contribution in [3.8, 4) is 0 Å². The fourth-order valence-electron chi connectivity index (χ4n) is 3.71. The van der Waals surface area contributed by atoms with Crippen molar-refractivity contribution < 1.29 is 9.59 Å². The van der Waals surface area contributed by atoms with Crippen molar-refractivity contribution in [1.29, 1.82) is 0 Å². The molecule has 0 spiro atoms. The van der Waals surface area contributed by atoms with Crippen LogP contribution < -0.4 is 0 Å². The summed E-state index contributed by atoms with van der Waals surface area (Å²) in [6.45, 7) is 2.57. The number of amides is 1. The van der Waals surface area contributed by atoms with Crippen molar-refractivity contribution in [2.24, 2.45) is 0 Å². The van der Waals surface area contributed by atoms with Gasteiger partial charge in [-0.1, -0.05) is 42.5 Å². The second-order valence-corrected chi connectivity index (χ2v) is 5.55. The number of Topliss-reactive ketones (excluding diaryl/α,β-unsaturated/α-hetero) is 1. The maximum Gasteiger partial charge on any atom is 0.254 e. The zero-order valence-electron chi connectivity index (χ0n) is 11.7. The Kier molecular flexibility index (Phi) is 2.52. The van der Waals surface area contributed by atoms with Crippen LogP contribution in [0.4, 0.5) is 0 Å². The van der Waals surface area contributed by atoms with Gasteiger partial charge in [0.25, 0.3) is 5.91 Å². The van der Waals surface area contributed by atoms with Crippen LogP contribution in [0.2, 0.25) is 0 Å². The van der Waals surface area contributed by atoms with Gasteiger partial charge in [-0.2, -0.15) is 0 Å². The van der Waals surface area contributed by atoms with E-state index < -0.39 is 0 Å². The number of benzene rings is 2. The molecule has 2 atom stereocenters. The van der Waals surface area contributed by atoms with Gasteiger partial charge in [0, 0.05) is 17.7 Å². The minimum atomic E-state index is -0.253. The van der Waals surface area contributed by atoms with E-state index in [-0.39, 0.29) is 23.7 Å². The molecule has 3 heteroatoms. The number of carbonyl (C=O) groups is 2. The fraction of sp³-hybridized carbons (Fsp3) is 0.222. The van der Waals surface area contributed by atoms with Crippen LogP contribution in [0, 0.1) is 0 Å². The Morgan fingerprint density at radius 2 is 1.52 bits per heavy atom. The van der Waals surface area contributed by atoms with Gasteiger partial charge in [0.15, 0.2) is 5.78 Å². The maximum atomic E-state index is 12.8. The lowest BCUT2D eigenvalue weighted by atomic mass is 9.83. The Hall–Kier alpha value is -2.42. The van der Waals surface area contributed by atoms with Crippen molar-refractivity contribution in [2.45, 2.75) is 18.9 Å². The first kappa shape index (κ1) is 12.3. The summed E-state index contributed by atoms with van der Waals surface area (Å²) in [7, 11) is 0. The molecule has 0 N–H and O–H groups in total. The van der Waals surface area contributed by atoms with Crippen LogP contribution in [-0.4, -0.2) is 23.1 Å². The molecule has 0 aromatic heterocycles. The van der Waals surface area contributed by atoms with Crippen molar-refractivity contribution >= 4 is 11.7 Å². The molecule has 4 rings (SSSR count). The molecular weight excluding hydrogens is 262 g/mol. The highest BCUT2D eigenvalue weighted by Gasteiger charge is 2.49. The van der Waals surface area contributed by atoms with Crippen molar-refractivity contribution in [3.05, 3.63) is 70.8 Å². The summed E-state index contributed by atoms with van der Waals surface area (Å²) in [5.74, 6) is -0.0934. The zero-order chi connectivity index (χ0) is 14.6. The lowest BCUT2D eigenvalue weighted by molar-refractivity contribution is 0.0621. The molecule has 1 aliphatic heterocycles. The Balaban J connectivity index is 2.00. The monoisotopic (exact) mass is 277 g/mol. The molecule has 0 saturated heterocycles. The number of likely N-dealkylation sites (N-methyl/N-ethyl adjacent to an activating group) is 1. The smallest absolute Gasteiger partial charge is 0.254 e. The van der Waals surface area contributed by atoms with Crippen LogP contribution in [-0.2, 0) is 0 Å². The summed E-state index contributed by atoms with van der Waals surface area (Å²) in [4.78, 5) is 27.4. The van der Waals surface area contributed by atoms with Crippen LogP contribution >= 0.6 is 0 Å². The van der Waals surface area contributed by atoms with Crippen molar-refractivity contribution in [3.63, 3.8) is 0 Å². The molecule has 21 heavy (non-hydrogen) atoms. The van der Waals surface area contributed by atoms with Gasteiger partial charge in [0.05, 0.1) is 12.0 Å². The third-order valence-electron chi connectivity index (χ3n) is 4.61. The highest BCUT2D eigenvalue weighted by atomic mass is 16.2. The fourth-order valence-corrected chi connectivity index (χ4v) is 3.71. The highest BCUT2D eigenvalue weighted by molar-refractivity contribution is 6.10. The summed E-state index contributed by atoms with van der Waals surface area (Å²) < 4.78 is 0. The summed E-state index contributed by atoms with van der Waals surface area (Å²) in [5, 5.41) is 0. The number of hydrogen-bond acceptors (Lipinski definition) is 2. The summed E-state index contributed by atoms with van der Waals surface area (Å²) in [5.41, 5.74) is 3.29. The Labute approximate surface area is 123 Å². The summed E-state index contributed by atoms with van der Waals surface area (Å²) in [6.07, 6.45) is 0. The molecule has 0 fully saturated rings. The van der Waals surface area contributed by atoms with Crippen LogP contribution in [0.5, 0.6) is 0 Å². The Bertz CT molecular complexity index is 765. The van der Waals surface area contributed by atoms with Crippen LogP contribution in [0.25, 0.3) is 0 Å². The number of nitrogens with zero attached hydrogens (tertiary/aromatic N) is 1. The lowest BCUT2D eigenvalue weighted by Crippen LogP contribution is -2.41. The molecule has 104 valence electrons. The molecule has 2 aromatic carbocycles. The third-order valence-corrected chi connectivity index (χ3v) is 4.61. The molecule has 0 radical (unpaired) electrons. The minimum Gasteiger partial charge on any atom is -0.331 e. The van der Waals surface area contributed by atoms with E-state index >= 15 is 0 Å². The van der Waals surface area contributed by atoms with Gasteiger partial charge in [0.2, 0.25) is 0 Å². The Morgan fingerprint density at radius 3 is 2.24 bits per heavy atom. The molecule has 0 unspecified atom stereocenters. The van der Waals surface area contributed by atoms with Gasteiger partial charge in [-0.3, -0.25) is 9.59 Å². The molecule has 0 saturated carbocycles. The first-order valence-corrected chi connectivity index (χ1v) is 7.27. The van der Waals surface area contributed by atoms with Crippen molar-refractivity contribution in [1.82, 2.24) is 4.90 Å². The highest BCUT2D eigenvalue weighted by Crippen LogP contribution is 2.49. The van der Waals surface area contributed by atoms with E-state index in [4.69, 9.17) is 0 Å². The molecular formula is C18H15NO2. The van der Waals surface area contributed by atoms with E-state index in [1.165, 1.54) is 0 Å². The number of carbonyl (C=O) groups excluding carboxylic acids is 2. The van der Waals surface area contributed by atoms with Gasteiger partial charge in [-0.25, -0.2) is 0 Å². The molecule has 2 aromatic rings. The van der Waals surface area contributed by atoms with Gasteiger partial charge in [-0.05, 0) is 24.1 Å². The largest absolute Gasteiger partial charge is 0.331 e. The van der Waals surface area contributed by atoms with Gasteiger partial charge < -0.3 is 4.90 Å². The lowest BCUT2D eigenvalue weighted by Gasteiger charge is -2.37. The van der Waals surface area contributed by atoms with Crippen LogP contribution in [0.3, 0.4) is 0 Å². The summed E-state index contributed by atoms with van der Waals surface area (Å²) in [6, 6.07) is 15.0.